The zero-order valence-electron chi connectivity index (χ0n) is 18.8. The van der Waals surface area contributed by atoms with E-state index in [9.17, 15) is 15.3 Å². The summed E-state index contributed by atoms with van der Waals surface area (Å²) in [6.45, 7) is 3.97. The number of likely N-dealkylation sites (tertiary alicyclic amines) is 1. The molecule has 3 aromatic carbocycles. The molecule has 3 aromatic rings. The maximum Gasteiger partial charge on any atom is 0.160 e. The molecule has 1 aliphatic heterocycles. The van der Waals surface area contributed by atoms with Crippen LogP contribution in [0.3, 0.4) is 0 Å². The lowest BCUT2D eigenvalue weighted by molar-refractivity contribution is 0.237. The second-order valence-corrected chi connectivity index (χ2v) is 9.15. The minimum atomic E-state index is -0.0877. The predicted molar refractivity (Wildman–Crippen MR) is 128 cm³/mol. The van der Waals surface area contributed by atoms with E-state index in [0.29, 0.717) is 18.8 Å². The Morgan fingerprint density at radius 1 is 0.818 bits per heavy atom. The normalized spacial score (nSPS) is 20.5. The zero-order chi connectivity index (χ0) is 22.8. The Balaban J connectivity index is 1.44. The van der Waals surface area contributed by atoms with Crippen molar-refractivity contribution in [2.24, 2.45) is 0 Å². The number of phenolic OH excluding ortho intramolecular Hbond substituents is 3. The van der Waals surface area contributed by atoms with E-state index >= 15 is 0 Å². The van der Waals surface area contributed by atoms with Crippen LogP contribution in [0.2, 0.25) is 0 Å². The van der Waals surface area contributed by atoms with E-state index in [4.69, 9.17) is 4.74 Å². The van der Waals surface area contributed by atoms with Crippen molar-refractivity contribution in [2.45, 2.75) is 37.5 Å². The summed E-state index contributed by atoms with van der Waals surface area (Å²) in [7, 11) is 0. The molecule has 5 rings (SSSR count). The molecule has 0 bridgehead atoms. The Bertz CT molecular complexity index is 1110. The second kappa shape index (κ2) is 9.36. The number of nitrogens with zero attached hydrogens (tertiary/aromatic N) is 1. The molecular weight excluding hydrogens is 414 g/mol. The molecule has 5 nitrogen and oxygen atoms in total. The van der Waals surface area contributed by atoms with Gasteiger partial charge in [-0.05, 0) is 85.6 Å². The molecule has 0 saturated carbocycles. The fourth-order valence-electron chi connectivity index (χ4n) is 5.50. The third kappa shape index (κ3) is 4.38. The fourth-order valence-corrected chi connectivity index (χ4v) is 5.50. The first-order valence-corrected chi connectivity index (χ1v) is 11.9. The van der Waals surface area contributed by atoms with Gasteiger partial charge in [-0.1, -0.05) is 36.4 Å². The van der Waals surface area contributed by atoms with Gasteiger partial charge in [-0.25, -0.2) is 0 Å². The van der Waals surface area contributed by atoms with E-state index in [1.54, 1.807) is 12.1 Å². The number of phenols is 3. The third-order valence-electron chi connectivity index (χ3n) is 7.19. The topological polar surface area (TPSA) is 73.2 Å². The highest BCUT2D eigenvalue weighted by Gasteiger charge is 2.35. The fraction of sp³-hybridized carbons (Fsp3) is 0.357. The summed E-state index contributed by atoms with van der Waals surface area (Å²) in [5.41, 5.74) is 3.79. The molecule has 1 aliphatic carbocycles. The highest BCUT2D eigenvalue weighted by Crippen LogP contribution is 2.51. The molecule has 0 radical (unpaired) electrons. The predicted octanol–water partition coefficient (Wildman–Crippen LogP) is 5.14. The Hall–Kier alpha value is -3.18. The smallest absolute Gasteiger partial charge is 0.160 e. The van der Waals surface area contributed by atoms with Gasteiger partial charge in [0.1, 0.15) is 18.1 Å². The van der Waals surface area contributed by atoms with Crippen molar-refractivity contribution in [3.63, 3.8) is 0 Å². The van der Waals surface area contributed by atoms with Crippen LogP contribution >= 0.6 is 0 Å². The van der Waals surface area contributed by atoms with Gasteiger partial charge in [0.05, 0.1) is 0 Å². The molecule has 1 heterocycles. The summed E-state index contributed by atoms with van der Waals surface area (Å²) < 4.78 is 5.99. The van der Waals surface area contributed by atoms with E-state index in [0.717, 1.165) is 41.0 Å². The van der Waals surface area contributed by atoms with Crippen LogP contribution in [0.15, 0.2) is 60.7 Å². The summed E-state index contributed by atoms with van der Waals surface area (Å²) in [5.74, 6) is 1.03. The maximum absolute atomic E-state index is 10.6. The first-order valence-electron chi connectivity index (χ1n) is 11.9. The molecule has 5 heteroatoms. The standard InChI is InChI=1S/C28H31NO4/c30-25-6-2-1-5-21(25)22-11-12-24-23(13-14-26(31)28(24)32)27(22)19-7-9-20(10-8-19)33-18-17-29-15-3-4-16-29/h1-2,5-10,13-14,22,27,30-32H,3-4,11-12,15-18H2/t22-,27+/m1/s1. The van der Waals surface area contributed by atoms with E-state index in [1.807, 2.05) is 36.4 Å². The average molecular weight is 446 g/mol. The molecule has 0 amide bonds. The van der Waals surface area contributed by atoms with Crippen LogP contribution in [0.5, 0.6) is 23.0 Å². The van der Waals surface area contributed by atoms with Crippen LogP contribution in [0, 0.1) is 0 Å². The minimum Gasteiger partial charge on any atom is -0.508 e. The van der Waals surface area contributed by atoms with Crippen LogP contribution in [-0.2, 0) is 6.42 Å². The average Bonchev–Trinajstić information content (AvgIpc) is 3.35. The van der Waals surface area contributed by atoms with Crippen LogP contribution in [0.4, 0.5) is 0 Å². The van der Waals surface area contributed by atoms with Crippen molar-refractivity contribution < 1.29 is 20.1 Å². The van der Waals surface area contributed by atoms with Crippen molar-refractivity contribution >= 4 is 0 Å². The first kappa shape index (κ1) is 21.7. The van der Waals surface area contributed by atoms with Crippen molar-refractivity contribution in [2.75, 3.05) is 26.2 Å². The largest absolute Gasteiger partial charge is 0.508 e. The van der Waals surface area contributed by atoms with Gasteiger partial charge in [0.25, 0.3) is 0 Å². The van der Waals surface area contributed by atoms with E-state index in [1.165, 1.54) is 25.9 Å². The number of fused-ring (bicyclic) bond motifs is 1. The van der Waals surface area contributed by atoms with E-state index in [2.05, 4.69) is 17.0 Å². The monoisotopic (exact) mass is 445 g/mol. The van der Waals surface area contributed by atoms with Gasteiger partial charge < -0.3 is 20.1 Å². The lowest BCUT2D eigenvalue weighted by atomic mass is 9.69. The number of hydrogen-bond donors (Lipinski definition) is 3. The molecule has 2 aliphatic rings. The van der Waals surface area contributed by atoms with Gasteiger partial charge in [0, 0.05) is 18.0 Å². The molecule has 1 saturated heterocycles. The Morgan fingerprint density at radius 3 is 2.33 bits per heavy atom. The molecule has 172 valence electrons. The number of rotatable bonds is 6. The number of ether oxygens (including phenoxy) is 1. The summed E-state index contributed by atoms with van der Waals surface area (Å²) in [6, 6.07) is 19.2. The Morgan fingerprint density at radius 2 is 1.58 bits per heavy atom. The van der Waals surface area contributed by atoms with Crippen LogP contribution < -0.4 is 4.74 Å². The summed E-state index contributed by atoms with van der Waals surface area (Å²) in [4.78, 5) is 2.44. The molecule has 2 atom stereocenters. The van der Waals surface area contributed by atoms with Gasteiger partial charge in [-0.15, -0.1) is 0 Å². The van der Waals surface area contributed by atoms with Gasteiger partial charge >= 0.3 is 0 Å². The molecule has 1 fully saturated rings. The zero-order valence-corrected chi connectivity index (χ0v) is 18.8. The molecular formula is C28H31NO4. The quantitative estimate of drug-likeness (QED) is 0.458. The lowest BCUT2D eigenvalue weighted by Gasteiger charge is -2.35. The third-order valence-corrected chi connectivity index (χ3v) is 7.19. The van der Waals surface area contributed by atoms with Gasteiger partial charge in [0.2, 0.25) is 0 Å². The number of benzene rings is 3. The number of hydrogen-bond acceptors (Lipinski definition) is 5. The maximum atomic E-state index is 10.6. The van der Waals surface area contributed by atoms with Crippen LogP contribution in [0.1, 0.15) is 53.4 Å². The van der Waals surface area contributed by atoms with Crippen molar-refractivity contribution in [3.8, 4) is 23.0 Å². The van der Waals surface area contributed by atoms with Crippen LogP contribution in [-0.4, -0.2) is 46.5 Å². The Labute approximate surface area is 194 Å². The van der Waals surface area contributed by atoms with Gasteiger partial charge in [0.15, 0.2) is 11.5 Å². The van der Waals surface area contributed by atoms with E-state index < -0.39 is 0 Å². The van der Waals surface area contributed by atoms with Crippen molar-refractivity contribution in [3.05, 3.63) is 82.9 Å². The molecule has 0 spiro atoms. The molecule has 3 N–H and O–H groups in total. The second-order valence-electron chi connectivity index (χ2n) is 9.15. The first-order chi connectivity index (χ1) is 16.1. The summed E-state index contributed by atoms with van der Waals surface area (Å²) >= 11 is 0. The lowest BCUT2D eigenvalue weighted by Crippen LogP contribution is -2.25. The minimum absolute atomic E-state index is 0.0323. The molecule has 0 aromatic heterocycles. The van der Waals surface area contributed by atoms with Crippen molar-refractivity contribution in [1.29, 1.82) is 0 Å². The van der Waals surface area contributed by atoms with E-state index in [-0.39, 0.29) is 23.3 Å². The number of aromatic hydroxyl groups is 3. The number of para-hydroxylation sites is 1. The molecule has 33 heavy (non-hydrogen) atoms. The van der Waals surface area contributed by atoms with Crippen LogP contribution in [0.25, 0.3) is 0 Å². The summed E-state index contributed by atoms with van der Waals surface area (Å²) in [5, 5.41) is 31.2. The highest BCUT2D eigenvalue weighted by molar-refractivity contribution is 5.56. The molecule has 0 unspecified atom stereocenters. The summed E-state index contributed by atoms with van der Waals surface area (Å²) in [6.07, 6.45) is 3.97. The highest BCUT2D eigenvalue weighted by atomic mass is 16.5. The van der Waals surface area contributed by atoms with Gasteiger partial charge in [-0.3, -0.25) is 4.90 Å². The van der Waals surface area contributed by atoms with Gasteiger partial charge in [-0.2, -0.15) is 0 Å². The SMILES string of the molecule is Oc1ccccc1[C@H]1CCc2c(ccc(O)c2O)[C@H]1c1ccc(OCCN2CCCC2)cc1. The van der Waals surface area contributed by atoms with Crippen molar-refractivity contribution in [1.82, 2.24) is 4.90 Å². The Kier molecular flexibility index (Phi) is 6.14.